The molecule has 1 heterocycles. The van der Waals surface area contributed by atoms with Gasteiger partial charge in [0.15, 0.2) is 0 Å². The maximum Gasteiger partial charge on any atom is 0.320 e. The molecule has 0 saturated carbocycles. The Kier molecular flexibility index (Phi) is 5.26. The highest BCUT2D eigenvalue weighted by atomic mass is 79.9. The summed E-state index contributed by atoms with van der Waals surface area (Å²) >= 11 is 5.33. The fourth-order valence-corrected chi connectivity index (χ4v) is 3.16. The lowest BCUT2D eigenvalue weighted by molar-refractivity contribution is -0.140. The van der Waals surface area contributed by atoms with E-state index in [1.807, 2.05) is 11.8 Å². The van der Waals surface area contributed by atoms with Gasteiger partial charge >= 0.3 is 5.97 Å². The number of hydrogen-bond donors (Lipinski definition) is 0. The van der Waals surface area contributed by atoms with Gasteiger partial charge in [-0.2, -0.15) is 11.8 Å². The first kappa shape index (κ1) is 12.3. The summed E-state index contributed by atoms with van der Waals surface area (Å²) in [7, 11) is 1.42. The van der Waals surface area contributed by atoms with Crippen molar-refractivity contribution < 1.29 is 9.53 Å². The zero-order chi connectivity index (χ0) is 10.6. The van der Waals surface area contributed by atoms with Crippen LogP contribution in [0.3, 0.4) is 0 Å². The van der Waals surface area contributed by atoms with Crippen LogP contribution in [0.1, 0.15) is 6.92 Å². The smallest absolute Gasteiger partial charge is 0.320 e. The molecule has 1 aliphatic heterocycles. The zero-order valence-electron chi connectivity index (χ0n) is 8.53. The molecular weight excluding hydrogens is 266 g/mol. The van der Waals surface area contributed by atoms with Crippen molar-refractivity contribution in [2.45, 2.75) is 17.0 Å². The summed E-state index contributed by atoms with van der Waals surface area (Å²) in [6.07, 6.45) is 0. The molecule has 5 heteroatoms. The Morgan fingerprint density at radius 2 is 2.50 bits per heavy atom. The number of methoxy groups -OCH3 is 1. The van der Waals surface area contributed by atoms with Crippen molar-refractivity contribution in [1.82, 2.24) is 4.90 Å². The lowest BCUT2D eigenvalue weighted by atomic mass is 10.3. The first-order chi connectivity index (χ1) is 6.63. The van der Waals surface area contributed by atoms with Gasteiger partial charge in [0.05, 0.1) is 7.11 Å². The monoisotopic (exact) mass is 281 g/mol. The summed E-state index contributed by atoms with van der Waals surface area (Å²) in [6.45, 7) is 5.09. The maximum absolute atomic E-state index is 11.2. The quantitative estimate of drug-likeness (QED) is 0.577. The number of esters is 1. The van der Waals surface area contributed by atoms with Crippen molar-refractivity contribution in [2.24, 2.45) is 0 Å². The van der Waals surface area contributed by atoms with Crippen LogP contribution in [-0.2, 0) is 9.53 Å². The Bertz CT molecular complexity index is 203. The van der Waals surface area contributed by atoms with E-state index >= 15 is 0 Å². The summed E-state index contributed by atoms with van der Waals surface area (Å²) in [4.78, 5) is 13.3. The van der Waals surface area contributed by atoms with Gasteiger partial charge in [0.25, 0.3) is 0 Å². The van der Waals surface area contributed by atoms with Crippen molar-refractivity contribution in [3.63, 3.8) is 0 Å². The maximum atomic E-state index is 11.2. The normalized spacial score (nSPS) is 25.8. The molecule has 0 bridgehead atoms. The molecule has 1 rings (SSSR count). The summed E-state index contributed by atoms with van der Waals surface area (Å²) in [6, 6.07) is 0. The van der Waals surface area contributed by atoms with Crippen LogP contribution in [-0.4, -0.2) is 53.4 Å². The third-order valence-corrected chi connectivity index (χ3v) is 4.00. The van der Waals surface area contributed by atoms with E-state index in [4.69, 9.17) is 0 Å². The van der Waals surface area contributed by atoms with Crippen LogP contribution in [0, 0.1) is 0 Å². The van der Waals surface area contributed by atoms with Crippen LogP contribution in [0.5, 0.6) is 0 Å². The van der Waals surface area contributed by atoms with Gasteiger partial charge < -0.3 is 4.74 Å². The van der Waals surface area contributed by atoms with E-state index in [9.17, 15) is 4.79 Å². The second-order valence-corrected chi connectivity index (χ2v) is 6.08. The molecule has 1 aliphatic rings. The topological polar surface area (TPSA) is 29.5 Å². The molecule has 0 N–H and O–H groups in total. The van der Waals surface area contributed by atoms with E-state index in [2.05, 4.69) is 32.5 Å². The Labute approximate surface area is 97.7 Å². The number of alkyl halides is 1. The van der Waals surface area contributed by atoms with Gasteiger partial charge in [-0.15, -0.1) is 0 Å². The second-order valence-electron chi connectivity index (χ2n) is 3.43. The fraction of sp³-hybridized carbons (Fsp3) is 0.889. The van der Waals surface area contributed by atoms with Gasteiger partial charge in [-0.25, -0.2) is 0 Å². The second kappa shape index (κ2) is 5.98. The highest BCUT2D eigenvalue weighted by Gasteiger charge is 2.22. The van der Waals surface area contributed by atoms with Crippen molar-refractivity contribution in [3.05, 3.63) is 0 Å². The number of hydrogen-bond acceptors (Lipinski definition) is 4. The lowest BCUT2D eigenvalue weighted by Crippen LogP contribution is -2.41. The third-order valence-electron chi connectivity index (χ3n) is 2.20. The highest BCUT2D eigenvalue weighted by Crippen LogP contribution is 2.18. The minimum absolute atomic E-state index is 0.184. The van der Waals surface area contributed by atoms with Crippen LogP contribution >= 0.6 is 27.7 Å². The van der Waals surface area contributed by atoms with E-state index in [1.165, 1.54) is 7.11 Å². The molecule has 0 aromatic heterocycles. The van der Waals surface area contributed by atoms with E-state index in [1.54, 1.807) is 0 Å². The average molecular weight is 282 g/mol. The molecule has 14 heavy (non-hydrogen) atoms. The molecule has 0 radical (unpaired) electrons. The van der Waals surface area contributed by atoms with Crippen molar-refractivity contribution in [3.8, 4) is 0 Å². The van der Waals surface area contributed by atoms with Gasteiger partial charge in [0.1, 0.15) is 4.83 Å². The Balaban J connectivity index is 2.32. The molecule has 1 saturated heterocycles. The summed E-state index contributed by atoms with van der Waals surface area (Å²) in [5.41, 5.74) is 0. The van der Waals surface area contributed by atoms with Crippen LogP contribution in [0.15, 0.2) is 0 Å². The molecule has 2 unspecified atom stereocenters. The number of nitrogens with zero attached hydrogens (tertiary/aromatic N) is 1. The largest absolute Gasteiger partial charge is 0.468 e. The minimum Gasteiger partial charge on any atom is -0.468 e. The van der Waals surface area contributed by atoms with Crippen molar-refractivity contribution >= 4 is 33.7 Å². The predicted octanol–water partition coefficient (Wildman–Crippen LogP) is 1.36. The molecule has 0 amide bonds. The number of carbonyl (C=O) groups excluding carboxylic acids is 1. The molecule has 82 valence electrons. The van der Waals surface area contributed by atoms with Gasteiger partial charge in [-0.05, 0) is 0 Å². The SMILES string of the molecule is COC(=O)C(Br)CN1CCSC(C)C1. The van der Waals surface area contributed by atoms with E-state index in [0.29, 0.717) is 5.25 Å². The van der Waals surface area contributed by atoms with Gasteiger partial charge in [0.2, 0.25) is 0 Å². The number of halogens is 1. The summed E-state index contributed by atoms with van der Waals surface area (Å²) < 4.78 is 4.66. The average Bonchev–Trinajstić information content (AvgIpc) is 2.16. The molecule has 0 spiro atoms. The van der Waals surface area contributed by atoms with E-state index in [0.717, 1.165) is 25.4 Å². The molecular formula is C9H16BrNO2S. The first-order valence-electron chi connectivity index (χ1n) is 4.69. The molecule has 3 nitrogen and oxygen atoms in total. The molecule has 1 fully saturated rings. The Morgan fingerprint density at radius 1 is 1.79 bits per heavy atom. The van der Waals surface area contributed by atoms with Crippen molar-refractivity contribution in [1.29, 1.82) is 0 Å². The highest BCUT2D eigenvalue weighted by molar-refractivity contribution is 9.10. The third kappa shape index (κ3) is 3.79. The lowest BCUT2D eigenvalue weighted by Gasteiger charge is -2.31. The van der Waals surface area contributed by atoms with Crippen LogP contribution in [0.25, 0.3) is 0 Å². The predicted molar refractivity (Wildman–Crippen MR) is 63.1 cm³/mol. The standard InChI is InChI=1S/C9H16BrNO2S/c1-7-5-11(3-4-14-7)6-8(10)9(12)13-2/h7-8H,3-6H2,1-2H3. The van der Waals surface area contributed by atoms with Crippen LogP contribution in [0.4, 0.5) is 0 Å². The van der Waals surface area contributed by atoms with Crippen LogP contribution in [0.2, 0.25) is 0 Å². The number of carbonyl (C=O) groups is 1. The van der Waals surface area contributed by atoms with Crippen molar-refractivity contribution in [2.75, 3.05) is 32.5 Å². The number of ether oxygens (including phenoxy) is 1. The Hall–Kier alpha value is 0.260. The molecule has 2 atom stereocenters. The summed E-state index contributed by atoms with van der Waals surface area (Å²) in [5, 5.41) is 0.668. The first-order valence-corrected chi connectivity index (χ1v) is 6.65. The molecule has 0 aromatic carbocycles. The number of thioether (sulfide) groups is 1. The minimum atomic E-state index is -0.192. The van der Waals surface area contributed by atoms with E-state index in [-0.39, 0.29) is 10.8 Å². The summed E-state index contributed by atoms with van der Waals surface area (Å²) in [5.74, 6) is 0.970. The Morgan fingerprint density at radius 3 is 3.07 bits per heavy atom. The van der Waals surface area contributed by atoms with Gasteiger partial charge in [-0.3, -0.25) is 9.69 Å². The van der Waals surface area contributed by atoms with Crippen LogP contribution < -0.4 is 0 Å². The van der Waals surface area contributed by atoms with E-state index < -0.39 is 0 Å². The fourth-order valence-electron chi connectivity index (χ4n) is 1.49. The zero-order valence-corrected chi connectivity index (χ0v) is 10.9. The molecule has 0 aromatic rings. The van der Waals surface area contributed by atoms with Gasteiger partial charge in [0, 0.05) is 30.6 Å². The number of rotatable bonds is 3. The molecule has 0 aliphatic carbocycles. The van der Waals surface area contributed by atoms with Gasteiger partial charge in [-0.1, -0.05) is 22.9 Å².